The third-order valence-corrected chi connectivity index (χ3v) is 4.90. The maximum Gasteiger partial charge on any atom is 0.343 e. The number of halogens is 6. The molecule has 1 N–H and O–H groups in total. The number of ketones is 1. The summed E-state index contributed by atoms with van der Waals surface area (Å²) in [7, 11) is 0. The van der Waals surface area contributed by atoms with Crippen molar-refractivity contribution in [3.05, 3.63) is 75.9 Å². The molecule has 0 heterocycles. The van der Waals surface area contributed by atoms with Crippen molar-refractivity contribution in [3.8, 4) is 0 Å². The van der Waals surface area contributed by atoms with Crippen molar-refractivity contribution in [2.45, 2.75) is 39.2 Å². The third-order valence-electron chi connectivity index (χ3n) is 4.90. The van der Waals surface area contributed by atoms with E-state index in [4.69, 9.17) is 4.74 Å². The quantitative estimate of drug-likeness (QED) is 0.0645. The number of Topliss-reactive ketones (excluding diaryl/α,β-unsaturated/α-hetero) is 1. The maximum absolute atomic E-state index is 13.7. The van der Waals surface area contributed by atoms with Crippen LogP contribution in [0.4, 0.5) is 26.3 Å². The number of hydrogen-bond donors (Lipinski definition) is 1. The van der Waals surface area contributed by atoms with Crippen LogP contribution in [0.3, 0.4) is 0 Å². The molecule has 210 valence electrons. The summed E-state index contributed by atoms with van der Waals surface area (Å²) >= 11 is 0. The highest BCUT2D eigenvalue weighted by Crippen LogP contribution is 2.25. The van der Waals surface area contributed by atoms with E-state index in [-0.39, 0.29) is 25.3 Å². The van der Waals surface area contributed by atoms with Crippen molar-refractivity contribution in [1.29, 1.82) is 0 Å². The molecule has 0 aliphatic heterocycles. The van der Waals surface area contributed by atoms with Gasteiger partial charge in [-0.2, -0.15) is 0 Å². The lowest BCUT2D eigenvalue weighted by Gasteiger charge is -2.08. The number of rotatable bonds is 9. The van der Waals surface area contributed by atoms with Gasteiger partial charge in [0.15, 0.2) is 29.1 Å². The molecule has 2 aromatic carbocycles. The molecule has 1 aliphatic carbocycles. The predicted molar refractivity (Wildman–Crippen MR) is 126 cm³/mol. The molecule has 0 unspecified atom stereocenters. The number of ether oxygens (including phenoxy) is 2. The van der Waals surface area contributed by atoms with Crippen LogP contribution in [-0.2, 0) is 19.1 Å². The van der Waals surface area contributed by atoms with Gasteiger partial charge in [-0.3, -0.25) is 14.6 Å². The maximum atomic E-state index is 13.7. The number of nitrogens with zero attached hydrogens (tertiary/aromatic N) is 1. The summed E-state index contributed by atoms with van der Waals surface area (Å²) in [5, 5.41) is 10.1. The van der Waals surface area contributed by atoms with Crippen molar-refractivity contribution in [1.82, 2.24) is 0 Å². The van der Waals surface area contributed by atoms with Gasteiger partial charge in [-0.15, -0.1) is 0 Å². The Labute approximate surface area is 218 Å². The Morgan fingerprint density at radius 3 is 1.82 bits per heavy atom. The monoisotopic (exact) mass is 559 g/mol. The molecule has 13 heteroatoms. The normalized spacial score (nSPS) is 13.3. The van der Waals surface area contributed by atoms with Crippen molar-refractivity contribution in [2.75, 3.05) is 13.2 Å². The van der Waals surface area contributed by atoms with Crippen LogP contribution in [0.5, 0.6) is 0 Å². The van der Waals surface area contributed by atoms with Crippen LogP contribution >= 0.6 is 0 Å². The van der Waals surface area contributed by atoms with Crippen molar-refractivity contribution < 1.29 is 55.3 Å². The van der Waals surface area contributed by atoms with Crippen LogP contribution in [0.2, 0.25) is 0 Å². The van der Waals surface area contributed by atoms with Gasteiger partial charge in [-0.05, 0) is 38.8 Å². The average Bonchev–Trinajstić information content (AvgIpc) is 3.69. The van der Waals surface area contributed by atoms with E-state index >= 15 is 0 Å². The number of esters is 2. The molecule has 1 saturated carbocycles. The lowest BCUT2D eigenvalue weighted by molar-refractivity contribution is -0.142. The Bertz CT molecular complexity index is 1310. The highest BCUT2D eigenvalue weighted by Gasteiger charge is 2.24. The van der Waals surface area contributed by atoms with Gasteiger partial charge >= 0.3 is 11.9 Å². The van der Waals surface area contributed by atoms with Crippen molar-refractivity contribution in [2.24, 2.45) is 4.99 Å². The first kappa shape index (κ1) is 31.1. The van der Waals surface area contributed by atoms with Gasteiger partial charge in [0.1, 0.15) is 29.4 Å². The zero-order valence-corrected chi connectivity index (χ0v) is 20.7. The van der Waals surface area contributed by atoms with E-state index in [1.807, 2.05) is 0 Å². The minimum atomic E-state index is -1.39. The molecule has 0 bridgehead atoms. The highest BCUT2D eigenvalue weighted by molar-refractivity contribution is 6.15. The van der Waals surface area contributed by atoms with Crippen molar-refractivity contribution >= 4 is 29.7 Å². The summed E-state index contributed by atoms with van der Waals surface area (Å²) in [5.74, 6) is -11.5. The Morgan fingerprint density at radius 1 is 0.821 bits per heavy atom. The standard InChI is InChI=1S/C15H14F3NO3.C11H9F3O3/c1-2-22-15(21)10(7-19-8-3-4-8)14(20)9-5-12(17)13(18)6-11(9)16;1-2-17-11(16)5-10(15)6-3-8(13)9(14)4-7(6)12/h5-8,20H,2-4H2,1H3;3-4H,2,5H2,1H3. The van der Waals surface area contributed by atoms with E-state index in [0.29, 0.717) is 18.2 Å². The molecular formula is C26H23F6NO6. The van der Waals surface area contributed by atoms with Gasteiger partial charge in [-0.1, -0.05) is 0 Å². The van der Waals surface area contributed by atoms with Gasteiger partial charge in [0.05, 0.1) is 30.4 Å². The van der Waals surface area contributed by atoms with E-state index in [0.717, 1.165) is 19.1 Å². The average molecular weight is 559 g/mol. The van der Waals surface area contributed by atoms with Crippen molar-refractivity contribution in [3.63, 3.8) is 0 Å². The second kappa shape index (κ2) is 14.1. The summed E-state index contributed by atoms with van der Waals surface area (Å²) in [5.41, 5.74) is -1.71. The first-order chi connectivity index (χ1) is 18.4. The largest absolute Gasteiger partial charge is 0.506 e. The SMILES string of the molecule is CCOC(=O)C(C=NC1CC1)=C(O)c1cc(F)c(F)cc1F.CCOC(=O)CC(=O)c1cc(F)c(F)cc1F. The molecule has 0 amide bonds. The fourth-order valence-electron chi connectivity index (χ4n) is 2.85. The Balaban J connectivity index is 0.000000283. The number of hydrogen-bond acceptors (Lipinski definition) is 7. The second-order valence-corrected chi connectivity index (χ2v) is 7.89. The summed E-state index contributed by atoms with van der Waals surface area (Å²) in [6.07, 6.45) is 2.07. The Morgan fingerprint density at radius 2 is 1.31 bits per heavy atom. The van der Waals surface area contributed by atoms with E-state index in [9.17, 15) is 45.8 Å². The van der Waals surface area contributed by atoms with Gasteiger partial charge in [0.2, 0.25) is 0 Å². The number of carbonyl (C=O) groups excluding carboxylic acids is 3. The smallest absolute Gasteiger partial charge is 0.343 e. The first-order valence-corrected chi connectivity index (χ1v) is 11.5. The Hall–Kier alpha value is -4.16. The van der Waals surface area contributed by atoms with Crippen LogP contribution in [0, 0.1) is 34.9 Å². The van der Waals surface area contributed by atoms with Gasteiger partial charge < -0.3 is 14.6 Å². The second-order valence-electron chi connectivity index (χ2n) is 7.89. The highest BCUT2D eigenvalue weighted by atomic mass is 19.2. The van der Waals surface area contributed by atoms with E-state index in [1.54, 1.807) is 13.8 Å². The van der Waals surface area contributed by atoms with Gasteiger partial charge in [0, 0.05) is 18.3 Å². The minimum absolute atomic E-state index is 0.0349. The number of carbonyl (C=O) groups is 3. The number of aliphatic hydroxyl groups excluding tert-OH is 1. The fraction of sp³-hybridized carbons (Fsp3) is 0.308. The number of aliphatic imine (C=N–C) groups is 1. The molecule has 39 heavy (non-hydrogen) atoms. The van der Waals surface area contributed by atoms with Crippen LogP contribution in [-0.4, -0.2) is 48.3 Å². The van der Waals surface area contributed by atoms with E-state index in [2.05, 4.69) is 9.73 Å². The molecule has 1 aliphatic rings. The van der Waals surface area contributed by atoms with Crippen LogP contribution in [0.15, 0.2) is 34.8 Å². The number of aliphatic hydroxyl groups is 1. The summed E-state index contributed by atoms with van der Waals surface area (Å²) in [6.45, 7) is 3.21. The predicted octanol–water partition coefficient (Wildman–Crippen LogP) is 5.41. The van der Waals surface area contributed by atoms with Crippen LogP contribution in [0.1, 0.15) is 49.0 Å². The lowest BCUT2D eigenvalue weighted by atomic mass is 10.1. The topological polar surface area (TPSA) is 102 Å². The molecule has 1 fully saturated rings. The van der Waals surface area contributed by atoms with Gasteiger partial charge in [0.25, 0.3) is 0 Å². The van der Waals surface area contributed by atoms with Gasteiger partial charge in [-0.25, -0.2) is 31.1 Å². The zero-order valence-electron chi connectivity index (χ0n) is 20.7. The molecule has 0 radical (unpaired) electrons. The summed E-state index contributed by atoms with van der Waals surface area (Å²) in [4.78, 5) is 38.2. The zero-order chi connectivity index (χ0) is 29.3. The number of benzene rings is 2. The van der Waals surface area contributed by atoms with Crippen LogP contribution < -0.4 is 0 Å². The summed E-state index contributed by atoms with van der Waals surface area (Å²) < 4.78 is 87.6. The molecular weight excluding hydrogens is 536 g/mol. The van der Waals surface area contributed by atoms with E-state index < -0.39 is 81.5 Å². The Kier molecular flexibility index (Phi) is 11.2. The minimum Gasteiger partial charge on any atom is -0.506 e. The van der Waals surface area contributed by atoms with E-state index in [1.165, 1.54) is 0 Å². The first-order valence-electron chi connectivity index (χ1n) is 11.5. The molecule has 0 atom stereocenters. The molecule has 0 spiro atoms. The van der Waals surface area contributed by atoms with Crippen LogP contribution in [0.25, 0.3) is 5.76 Å². The third kappa shape index (κ3) is 8.97. The molecule has 2 aromatic rings. The fourth-order valence-corrected chi connectivity index (χ4v) is 2.85. The lowest BCUT2D eigenvalue weighted by Crippen LogP contribution is -2.13. The molecule has 7 nitrogen and oxygen atoms in total. The molecule has 0 saturated heterocycles. The summed E-state index contributed by atoms with van der Waals surface area (Å²) in [6, 6.07) is 1.50. The molecule has 3 rings (SSSR count). The molecule has 0 aromatic heterocycles.